The molecule has 132 valence electrons. The molecule has 0 unspecified atom stereocenters. The zero-order valence-corrected chi connectivity index (χ0v) is 15.0. The smallest absolute Gasteiger partial charge is 0.317 e. The second kappa shape index (κ2) is 7.39. The number of piperidine rings is 1. The van der Waals surface area contributed by atoms with Gasteiger partial charge in [-0.25, -0.2) is 4.79 Å². The van der Waals surface area contributed by atoms with E-state index >= 15 is 0 Å². The summed E-state index contributed by atoms with van der Waals surface area (Å²) >= 11 is 0. The molecule has 2 amide bonds. The van der Waals surface area contributed by atoms with Crippen molar-refractivity contribution in [1.82, 2.24) is 15.1 Å². The van der Waals surface area contributed by atoms with E-state index in [0.29, 0.717) is 24.4 Å². The molecule has 23 heavy (non-hydrogen) atoms. The minimum Gasteiger partial charge on any atom is -0.379 e. The molecule has 3 heterocycles. The highest BCUT2D eigenvalue weighted by atomic mass is 16.5. The number of nitrogens with one attached hydrogen (secondary N) is 1. The number of fused-ring (bicyclic) bond motifs is 3. The summed E-state index contributed by atoms with van der Waals surface area (Å²) in [6.45, 7) is 12.0. The number of carbonyl (C=O) groups is 1. The molecule has 3 rings (SSSR count). The van der Waals surface area contributed by atoms with Crippen molar-refractivity contribution < 1.29 is 9.53 Å². The Kier molecular flexibility index (Phi) is 5.47. The zero-order valence-electron chi connectivity index (χ0n) is 15.0. The molecule has 0 aromatic rings. The summed E-state index contributed by atoms with van der Waals surface area (Å²) in [5.41, 5.74) is 0. The quantitative estimate of drug-likeness (QED) is 0.843. The van der Waals surface area contributed by atoms with Gasteiger partial charge in [0.15, 0.2) is 0 Å². The van der Waals surface area contributed by atoms with Gasteiger partial charge in [-0.05, 0) is 44.1 Å². The Morgan fingerprint density at radius 2 is 2.00 bits per heavy atom. The maximum atomic E-state index is 12.5. The minimum absolute atomic E-state index is 0.0767. The van der Waals surface area contributed by atoms with E-state index in [-0.39, 0.29) is 12.1 Å². The third-order valence-corrected chi connectivity index (χ3v) is 5.60. The molecule has 0 aromatic carbocycles. The number of carbonyl (C=O) groups excluding carboxylic acids is 1. The molecule has 0 spiro atoms. The van der Waals surface area contributed by atoms with Gasteiger partial charge < -0.3 is 15.0 Å². The third kappa shape index (κ3) is 4.00. The fourth-order valence-electron chi connectivity index (χ4n) is 4.55. The molecule has 0 aromatic heterocycles. The molecule has 3 aliphatic rings. The summed E-state index contributed by atoms with van der Waals surface area (Å²) in [7, 11) is 0. The van der Waals surface area contributed by atoms with Crippen molar-refractivity contribution in [3.8, 4) is 0 Å². The molecule has 1 N–H and O–H groups in total. The molecule has 0 radical (unpaired) electrons. The van der Waals surface area contributed by atoms with E-state index in [1.54, 1.807) is 0 Å². The van der Waals surface area contributed by atoms with Crippen molar-refractivity contribution in [1.29, 1.82) is 0 Å². The Morgan fingerprint density at radius 1 is 1.17 bits per heavy atom. The summed E-state index contributed by atoms with van der Waals surface area (Å²) in [4.78, 5) is 17.2. The molecule has 3 saturated heterocycles. The van der Waals surface area contributed by atoms with Crippen LogP contribution < -0.4 is 5.32 Å². The van der Waals surface area contributed by atoms with Crippen molar-refractivity contribution in [2.45, 2.75) is 52.1 Å². The van der Waals surface area contributed by atoms with E-state index in [1.807, 2.05) is 11.8 Å². The van der Waals surface area contributed by atoms with E-state index in [4.69, 9.17) is 4.74 Å². The van der Waals surface area contributed by atoms with Crippen LogP contribution in [0.1, 0.15) is 40.0 Å². The van der Waals surface area contributed by atoms with E-state index in [0.717, 1.165) is 25.7 Å². The first-order valence-electron chi connectivity index (χ1n) is 9.42. The van der Waals surface area contributed by atoms with Gasteiger partial charge in [-0.3, -0.25) is 4.90 Å². The number of hydrogen-bond donors (Lipinski definition) is 1. The average Bonchev–Trinajstić information content (AvgIpc) is 3.04. The van der Waals surface area contributed by atoms with Crippen LogP contribution in [0.15, 0.2) is 0 Å². The molecule has 0 aliphatic carbocycles. The van der Waals surface area contributed by atoms with E-state index < -0.39 is 0 Å². The van der Waals surface area contributed by atoms with Gasteiger partial charge in [0, 0.05) is 32.3 Å². The zero-order chi connectivity index (χ0) is 16.4. The largest absolute Gasteiger partial charge is 0.379 e. The Hall–Kier alpha value is -0.810. The normalized spacial score (nSPS) is 32.0. The standard InChI is InChI=1S/C18H33N3O2/c1-13(2)11-23-12-14(3)19-18(22)21-9-15-8-20-7-5-4-6-17(20)16(15)10-21/h13-17H,4-12H2,1-3H3,(H,19,22)/t14-,15-,16-,17+/m0/s1. The van der Waals surface area contributed by atoms with Crippen molar-refractivity contribution >= 4 is 6.03 Å². The van der Waals surface area contributed by atoms with E-state index in [9.17, 15) is 4.79 Å². The highest BCUT2D eigenvalue weighted by Gasteiger charge is 2.48. The van der Waals surface area contributed by atoms with Gasteiger partial charge in [0.1, 0.15) is 0 Å². The average molecular weight is 323 g/mol. The van der Waals surface area contributed by atoms with Gasteiger partial charge in [0.05, 0.1) is 12.6 Å². The minimum atomic E-state index is 0.0767. The lowest BCUT2D eigenvalue weighted by Gasteiger charge is -2.33. The second-order valence-electron chi connectivity index (χ2n) is 8.17. The summed E-state index contributed by atoms with van der Waals surface area (Å²) < 4.78 is 5.63. The molecule has 0 bridgehead atoms. The summed E-state index contributed by atoms with van der Waals surface area (Å²) in [6.07, 6.45) is 4.05. The Labute approximate surface area is 140 Å². The van der Waals surface area contributed by atoms with E-state index in [2.05, 4.69) is 24.1 Å². The lowest BCUT2D eigenvalue weighted by atomic mass is 9.90. The van der Waals surface area contributed by atoms with Crippen LogP contribution in [-0.2, 0) is 4.74 Å². The monoisotopic (exact) mass is 323 g/mol. The lowest BCUT2D eigenvalue weighted by Crippen LogP contribution is -2.46. The number of amides is 2. The predicted molar refractivity (Wildman–Crippen MR) is 91.4 cm³/mol. The van der Waals surface area contributed by atoms with Crippen LogP contribution in [0.3, 0.4) is 0 Å². The predicted octanol–water partition coefficient (Wildman–Crippen LogP) is 2.17. The summed E-state index contributed by atoms with van der Waals surface area (Å²) in [5.74, 6) is 1.93. The molecule has 5 nitrogen and oxygen atoms in total. The van der Waals surface area contributed by atoms with Crippen molar-refractivity contribution in [3.63, 3.8) is 0 Å². The first kappa shape index (κ1) is 17.0. The molecule has 0 saturated carbocycles. The number of ether oxygens (including phenoxy) is 1. The van der Waals surface area contributed by atoms with Gasteiger partial charge in [-0.1, -0.05) is 20.3 Å². The topological polar surface area (TPSA) is 44.8 Å². The molecule has 5 heteroatoms. The first-order valence-corrected chi connectivity index (χ1v) is 9.42. The van der Waals surface area contributed by atoms with Gasteiger partial charge in [-0.15, -0.1) is 0 Å². The Bertz CT molecular complexity index is 415. The fraction of sp³-hybridized carbons (Fsp3) is 0.944. The van der Waals surface area contributed by atoms with Crippen LogP contribution in [0.4, 0.5) is 4.79 Å². The highest BCUT2D eigenvalue weighted by molar-refractivity contribution is 5.75. The highest BCUT2D eigenvalue weighted by Crippen LogP contribution is 2.40. The van der Waals surface area contributed by atoms with Crippen LogP contribution in [0.2, 0.25) is 0 Å². The van der Waals surface area contributed by atoms with Crippen LogP contribution >= 0.6 is 0 Å². The van der Waals surface area contributed by atoms with Crippen LogP contribution in [0, 0.1) is 17.8 Å². The molecule has 3 fully saturated rings. The molecule has 3 aliphatic heterocycles. The maximum absolute atomic E-state index is 12.5. The molecule has 4 atom stereocenters. The molecular weight excluding hydrogens is 290 g/mol. The SMILES string of the molecule is CC(C)COC[C@H](C)NC(=O)N1C[C@@H]2CN3CCCC[C@@H]3[C@H]2C1. The molecular formula is C18H33N3O2. The van der Waals surface area contributed by atoms with Crippen LogP contribution in [0.5, 0.6) is 0 Å². The van der Waals surface area contributed by atoms with Gasteiger partial charge in [0.25, 0.3) is 0 Å². The number of likely N-dealkylation sites (tertiary alicyclic amines) is 1. The lowest BCUT2D eigenvalue weighted by molar-refractivity contribution is 0.0931. The van der Waals surface area contributed by atoms with Crippen LogP contribution in [-0.4, -0.2) is 67.3 Å². The third-order valence-electron chi connectivity index (χ3n) is 5.60. The Balaban J connectivity index is 1.43. The second-order valence-corrected chi connectivity index (χ2v) is 8.17. The number of urea groups is 1. The number of rotatable bonds is 5. The fourth-order valence-corrected chi connectivity index (χ4v) is 4.55. The van der Waals surface area contributed by atoms with Crippen molar-refractivity contribution in [2.75, 3.05) is 39.4 Å². The van der Waals surface area contributed by atoms with Crippen molar-refractivity contribution in [2.24, 2.45) is 17.8 Å². The van der Waals surface area contributed by atoms with Gasteiger partial charge in [0.2, 0.25) is 0 Å². The summed E-state index contributed by atoms with van der Waals surface area (Å²) in [6, 6.07) is 0.911. The van der Waals surface area contributed by atoms with Crippen LogP contribution in [0.25, 0.3) is 0 Å². The van der Waals surface area contributed by atoms with E-state index in [1.165, 1.54) is 32.4 Å². The van der Waals surface area contributed by atoms with Crippen molar-refractivity contribution in [3.05, 3.63) is 0 Å². The number of nitrogens with zero attached hydrogens (tertiary/aromatic N) is 2. The summed E-state index contributed by atoms with van der Waals surface area (Å²) in [5, 5.41) is 3.11. The maximum Gasteiger partial charge on any atom is 0.317 e. The first-order chi connectivity index (χ1) is 11.0. The Morgan fingerprint density at radius 3 is 2.78 bits per heavy atom. The van der Waals surface area contributed by atoms with Gasteiger partial charge in [-0.2, -0.15) is 0 Å². The number of hydrogen-bond acceptors (Lipinski definition) is 3. The van der Waals surface area contributed by atoms with Gasteiger partial charge >= 0.3 is 6.03 Å².